The standard InChI is InChI=1S/C18H15N3O6S/c22-16-18(11-3-5-12-4-1-2-6-15(12)18)19-17(23)20(16)28(26,27)14-9-7-13(8-10-14)21(24)25/h1-2,4,6-10H,3,5,11H2,(H,19,23). The van der Waals surface area contributed by atoms with Gasteiger partial charge in [-0.25, -0.2) is 13.2 Å². The summed E-state index contributed by atoms with van der Waals surface area (Å²) in [4.78, 5) is 35.5. The third kappa shape index (κ3) is 2.48. The van der Waals surface area contributed by atoms with E-state index in [0.29, 0.717) is 18.4 Å². The molecule has 0 aromatic heterocycles. The molecule has 0 saturated carbocycles. The van der Waals surface area contributed by atoms with Crippen molar-refractivity contribution in [2.45, 2.75) is 29.7 Å². The number of aryl methyl sites for hydroxylation is 1. The Labute approximate surface area is 160 Å². The Bertz CT molecular complexity index is 1110. The minimum Gasteiger partial charge on any atom is -0.318 e. The molecule has 10 heteroatoms. The molecule has 1 aliphatic carbocycles. The molecule has 0 radical (unpaired) electrons. The number of fused-ring (bicyclic) bond motifs is 2. The van der Waals surface area contributed by atoms with Gasteiger partial charge in [0.1, 0.15) is 5.54 Å². The van der Waals surface area contributed by atoms with Gasteiger partial charge in [0.25, 0.3) is 21.6 Å². The summed E-state index contributed by atoms with van der Waals surface area (Å²) in [5.41, 5.74) is -0.230. The maximum Gasteiger partial charge on any atom is 0.339 e. The van der Waals surface area contributed by atoms with Gasteiger partial charge in [-0.3, -0.25) is 14.9 Å². The van der Waals surface area contributed by atoms with E-state index in [1.807, 2.05) is 12.1 Å². The fourth-order valence-corrected chi connectivity index (χ4v) is 5.13. The van der Waals surface area contributed by atoms with Crippen molar-refractivity contribution in [1.82, 2.24) is 9.62 Å². The first-order valence-electron chi connectivity index (χ1n) is 8.52. The molecule has 2 aliphatic rings. The van der Waals surface area contributed by atoms with Gasteiger partial charge in [-0.15, -0.1) is 4.31 Å². The molecule has 1 aliphatic heterocycles. The van der Waals surface area contributed by atoms with Gasteiger partial charge in [0.2, 0.25) is 0 Å². The van der Waals surface area contributed by atoms with Crippen molar-refractivity contribution < 1.29 is 22.9 Å². The fraction of sp³-hybridized carbons (Fsp3) is 0.222. The first-order chi connectivity index (χ1) is 13.3. The number of nitro benzene ring substituents is 1. The Morgan fingerprint density at radius 3 is 2.43 bits per heavy atom. The minimum atomic E-state index is -4.51. The van der Waals surface area contributed by atoms with E-state index in [1.165, 1.54) is 0 Å². The van der Waals surface area contributed by atoms with E-state index >= 15 is 0 Å². The van der Waals surface area contributed by atoms with Gasteiger partial charge >= 0.3 is 6.03 Å². The summed E-state index contributed by atoms with van der Waals surface area (Å²) < 4.78 is 26.1. The number of nitrogens with zero attached hydrogens (tertiary/aromatic N) is 2. The number of nitro groups is 1. The molecule has 144 valence electrons. The Morgan fingerprint density at radius 1 is 1.07 bits per heavy atom. The average molecular weight is 401 g/mol. The molecule has 1 atom stereocenters. The van der Waals surface area contributed by atoms with E-state index in [2.05, 4.69) is 5.32 Å². The second kappa shape index (κ2) is 6.13. The van der Waals surface area contributed by atoms with Crippen LogP contribution in [-0.4, -0.2) is 29.6 Å². The summed E-state index contributed by atoms with van der Waals surface area (Å²) in [6, 6.07) is 10.1. The molecule has 1 heterocycles. The molecule has 28 heavy (non-hydrogen) atoms. The van der Waals surface area contributed by atoms with Crippen molar-refractivity contribution in [3.05, 3.63) is 69.8 Å². The molecule has 1 unspecified atom stereocenters. The SMILES string of the molecule is O=C1NC2(CCCc3ccccc32)C(=O)N1S(=O)(=O)c1ccc([N+](=O)[O-])cc1. The Kier molecular flexibility index (Phi) is 3.96. The second-order valence-corrected chi connectivity index (χ2v) is 8.46. The second-order valence-electron chi connectivity index (χ2n) is 6.67. The number of imide groups is 1. The number of hydrogen-bond donors (Lipinski definition) is 1. The first-order valence-corrected chi connectivity index (χ1v) is 9.96. The molecule has 0 bridgehead atoms. The normalized spacial score (nSPS) is 21.5. The van der Waals surface area contributed by atoms with Crippen LogP contribution in [0.4, 0.5) is 10.5 Å². The smallest absolute Gasteiger partial charge is 0.318 e. The lowest BCUT2D eigenvalue weighted by atomic mass is 9.76. The summed E-state index contributed by atoms with van der Waals surface area (Å²) in [5.74, 6) is -0.858. The Balaban J connectivity index is 1.77. The number of amides is 3. The van der Waals surface area contributed by atoms with Crippen LogP contribution in [0.15, 0.2) is 53.4 Å². The summed E-state index contributed by atoms with van der Waals surface area (Å²) in [6.07, 6.45) is 1.64. The third-order valence-corrected chi connectivity index (χ3v) is 6.80. The van der Waals surface area contributed by atoms with E-state index in [-0.39, 0.29) is 14.9 Å². The number of urea groups is 1. The molecule has 9 nitrogen and oxygen atoms in total. The van der Waals surface area contributed by atoms with E-state index in [0.717, 1.165) is 36.2 Å². The lowest BCUT2D eigenvalue weighted by molar-refractivity contribution is -0.384. The van der Waals surface area contributed by atoms with Crippen LogP contribution in [0.3, 0.4) is 0 Å². The quantitative estimate of drug-likeness (QED) is 0.476. The number of carbonyl (C=O) groups excluding carboxylic acids is 2. The topological polar surface area (TPSA) is 127 Å². The predicted molar refractivity (Wildman–Crippen MR) is 96.7 cm³/mol. The maximum absolute atomic E-state index is 13.2. The molecule has 1 saturated heterocycles. The van der Waals surface area contributed by atoms with Crippen LogP contribution in [0, 0.1) is 10.1 Å². The van der Waals surface area contributed by atoms with Crippen LogP contribution >= 0.6 is 0 Å². The number of nitrogens with one attached hydrogen (secondary N) is 1. The van der Waals surface area contributed by atoms with Gasteiger partial charge in [0.05, 0.1) is 9.82 Å². The van der Waals surface area contributed by atoms with Gasteiger partial charge in [0, 0.05) is 12.1 Å². The number of hydrogen-bond acceptors (Lipinski definition) is 6. The van der Waals surface area contributed by atoms with Crippen LogP contribution in [0.1, 0.15) is 24.0 Å². The number of sulfonamides is 1. The predicted octanol–water partition coefficient (Wildman–Crippen LogP) is 2.07. The molecule has 2 aromatic rings. The fourth-order valence-electron chi connectivity index (χ4n) is 3.80. The largest absolute Gasteiger partial charge is 0.339 e. The Hall–Kier alpha value is -3.27. The number of rotatable bonds is 3. The third-order valence-electron chi connectivity index (χ3n) is 5.12. The van der Waals surface area contributed by atoms with Crippen LogP contribution in [0.2, 0.25) is 0 Å². The zero-order valence-corrected chi connectivity index (χ0v) is 15.3. The maximum atomic E-state index is 13.2. The Morgan fingerprint density at radius 2 is 1.75 bits per heavy atom. The van der Waals surface area contributed by atoms with Crippen LogP contribution < -0.4 is 5.32 Å². The summed E-state index contributed by atoms with van der Waals surface area (Å²) in [5, 5.41) is 13.3. The van der Waals surface area contributed by atoms with Crippen molar-refractivity contribution in [1.29, 1.82) is 0 Å². The van der Waals surface area contributed by atoms with Crippen LogP contribution in [0.5, 0.6) is 0 Å². The van der Waals surface area contributed by atoms with Gasteiger partial charge in [0.15, 0.2) is 0 Å². The molecule has 1 spiro atoms. The molecule has 1 N–H and O–H groups in total. The highest BCUT2D eigenvalue weighted by Gasteiger charge is 2.57. The number of benzene rings is 2. The zero-order valence-electron chi connectivity index (χ0n) is 14.5. The molecular formula is C18H15N3O6S. The highest BCUT2D eigenvalue weighted by molar-refractivity contribution is 7.90. The monoisotopic (exact) mass is 401 g/mol. The van der Waals surface area contributed by atoms with Crippen LogP contribution in [0.25, 0.3) is 0 Å². The lowest BCUT2D eigenvalue weighted by Gasteiger charge is -2.33. The van der Waals surface area contributed by atoms with E-state index in [1.54, 1.807) is 12.1 Å². The molecular weight excluding hydrogens is 386 g/mol. The number of non-ortho nitro benzene ring substituents is 1. The summed E-state index contributed by atoms with van der Waals surface area (Å²) >= 11 is 0. The average Bonchev–Trinajstić information content (AvgIpc) is 2.93. The van der Waals surface area contributed by atoms with E-state index in [9.17, 15) is 28.1 Å². The van der Waals surface area contributed by atoms with Gasteiger partial charge < -0.3 is 5.32 Å². The lowest BCUT2D eigenvalue weighted by Crippen LogP contribution is -2.47. The van der Waals surface area contributed by atoms with Crippen molar-refractivity contribution in [2.75, 3.05) is 0 Å². The first kappa shape index (κ1) is 18.1. The summed E-state index contributed by atoms with van der Waals surface area (Å²) in [6.45, 7) is 0. The summed E-state index contributed by atoms with van der Waals surface area (Å²) in [7, 11) is -4.51. The van der Waals surface area contributed by atoms with E-state index < -0.39 is 32.4 Å². The van der Waals surface area contributed by atoms with Crippen molar-refractivity contribution in [2.24, 2.45) is 0 Å². The highest BCUT2D eigenvalue weighted by atomic mass is 32.2. The molecule has 4 rings (SSSR count). The van der Waals surface area contributed by atoms with Crippen molar-refractivity contribution in [3.8, 4) is 0 Å². The zero-order chi connectivity index (χ0) is 20.1. The highest BCUT2D eigenvalue weighted by Crippen LogP contribution is 2.41. The van der Waals surface area contributed by atoms with Gasteiger partial charge in [-0.05, 0) is 42.5 Å². The van der Waals surface area contributed by atoms with E-state index in [4.69, 9.17) is 0 Å². The van der Waals surface area contributed by atoms with Gasteiger partial charge in [-0.1, -0.05) is 24.3 Å². The molecule has 3 amide bonds. The number of carbonyl (C=O) groups is 2. The van der Waals surface area contributed by atoms with Crippen molar-refractivity contribution >= 4 is 27.6 Å². The van der Waals surface area contributed by atoms with Gasteiger partial charge in [-0.2, -0.15) is 0 Å². The molecule has 2 aromatic carbocycles. The minimum absolute atomic E-state index is 0.232. The molecule has 1 fully saturated rings. The van der Waals surface area contributed by atoms with Crippen molar-refractivity contribution in [3.63, 3.8) is 0 Å². The van der Waals surface area contributed by atoms with Crippen LogP contribution in [-0.2, 0) is 26.8 Å².